The van der Waals surface area contributed by atoms with Crippen molar-refractivity contribution in [3.05, 3.63) is 28.8 Å². The van der Waals surface area contributed by atoms with E-state index in [-0.39, 0.29) is 16.8 Å². The summed E-state index contributed by atoms with van der Waals surface area (Å²) in [5.74, 6) is -1.83. The molecule has 5 nitrogen and oxygen atoms in total. The number of rotatable bonds is 2. The number of carboxylic acid groups (broad SMARTS) is 1. The average molecular weight is 194 g/mol. The van der Waals surface area contributed by atoms with Crippen molar-refractivity contribution in [2.75, 3.05) is 5.73 Å². The minimum absolute atomic E-state index is 0.0682. The van der Waals surface area contributed by atoms with Crippen LogP contribution in [0.4, 0.5) is 5.69 Å². The van der Waals surface area contributed by atoms with Crippen molar-refractivity contribution >= 4 is 17.6 Å². The van der Waals surface area contributed by atoms with Gasteiger partial charge < -0.3 is 16.6 Å². The first-order valence-corrected chi connectivity index (χ1v) is 3.87. The summed E-state index contributed by atoms with van der Waals surface area (Å²) in [7, 11) is 0. The van der Waals surface area contributed by atoms with Crippen LogP contribution in [0.2, 0.25) is 0 Å². The molecule has 1 aromatic rings. The van der Waals surface area contributed by atoms with Crippen molar-refractivity contribution in [1.29, 1.82) is 0 Å². The number of benzene rings is 1. The Hall–Kier alpha value is -2.04. The lowest BCUT2D eigenvalue weighted by atomic mass is 10.0. The van der Waals surface area contributed by atoms with Gasteiger partial charge in [-0.3, -0.25) is 4.79 Å². The Morgan fingerprint density at radius 2 is 1.93 bits per heavy atom. The monoisotopic (exact) mass is 194 g/mol. The second-order valence-corrected chi connectivity index (χ2v) is 2.87. The van der Waals surface area contributed by atoms with Gasteiger partial charge in [0.2, 0.25) is 5.91 Å². The second kappa shape index (κ2) is 3.37. The molecule has 5 N–H and O–H groups in total. The largest absolute Gasteiger partial charge is 0.478 e. The fourth-order valence-corrected chi connectivity index (χ4v) is 1.28. The molecule has 0 fully saturated rings. The van der Waals surface area contributed by atoms with Gasteiger partial charge in [0.25, 0.3) is 0 Å². The molecule has 0 aromatic heterocycles. The number of aromatic carboxylic acids is 1. The second-order valence-electron chi connectivity index (χ2n) is 2.87. The van der Waals surface area contributed by atoms with Gasteiger partial charge in [-0.15, -0.1) is 0 Å². The third kappa shape index (κ3) is 1.52. The quantitative estimate of drug-likeness (QED) is 0.591. The highest BCUT2D eigenvalue weighted by atomic mass is 16.4. The van der Waals surface area contributed by atoms with Gasteiger partial charge in [0.05, 0.1) is 5.56 Å². The van der Waals surface area contributed by atoms with E-state index in [0.29, 0.717) is 5.56 Å². The number of amides is 1. The minimum Gasteiger partial charge on any atom is -0.478 e. The fourth-order valence-electron chi connectivity index (χ4n) is 1.28. The van der Waals surface area contributed by atoms with Crippen LogP contribution in [0.3, 0.4) is 0 Å². The standard InChI is InChI=1S/C9H10N2O3/c1-4-5(8(11)12)2-3-6(10)7(4)9(13)14/h2-3H,10H2,1H3,(H2,11,12)(H,13,14). The van der Waals surface area contributed by atoms with Gasteiger partial charge in [0.1, 0.15) is 0 Å². The SMILES string of the molecule is Cc1c(C(N)=O)ccc(N)c1C(=O)O. The van der Waals surface area contributed by atoms with Crippen molar-refractivity contribution < 1.29 is 14.7 Å². The van der Waals surface area contributed by atoms with E-state index in [1.807, 2.05) is 0 Å². The van der Waals surface area contributed by atoms with Crippen molar-refractivity contribution in [2.24, 2.45) is 5.73 Å². The smallest absolute Gasteiger partial charge is 0.338 e. The number of hydrogen-bond donors (Lipinski definition) is 3. The summed E-state index contributed by atoms with van der Waals surface area (Å²) in [4.78, 5) is 21.7. The first-order valence-electron chi connectivity index (χ1n) is 3.87. The van der Waals surface area contributed by atoms with Crippen LogP contribution in [0.5, 0.6) is 0 Å². The van der Waals surface area contributed by atoms with E-state index in [9.17, 15) is 9.59 Å². The minimum atomic E-state index is -1.16. The van der Waals surface area contributed by atoms with Gasteiger partial charge in [-0.1, -0.05) is 0 Å². The summed E-state index contributed by atoms with van der Waals surface area (Å²) in [6.45, 7) is 1.50. The summed E-state index contributed by atoms with van der Waals surface area (Å²) in [6.07, 6.45) is 0. The number of carbonyl (C=O) groups excluding carboxylic acids is 1. The van der Waals surface area contributed by atoms with Crippen LogP contribution in [0.25, 0.3) is 0 Å². The molecule has 0 unspecified atom stereocenters. The highest BCUT2D eigenvalue weighted by molar-refractivity contribution is 6.02. The highest BCUT2D eigenvalue weighted by Gasteiger charge is 2.16. The Labute approximate surface area is 80.3 Å². The topological polar surface area (TPSA) is 106 Å². The van der Waals surface area contributed by atoms with E-state index in [1.165, 1.54) is 19.1 Å². The number of carbonyl (C=O) groups is 2. The molecule has 0 saturated heterocycles. The first kappa shape index (κ1) is 10.0. The summed E-state index contributed by atoms with van der Waals surface area (Å²) in [5, 5.41) is 8.82. The van der Waals surface area contributed by atoms with Gasteiger partial charge in [-0.25, -0.2) is 4.79 Å². The third-order valence-electron chi connectivity index (χ3n) is 1.98. The van der Waals surface area contributed by atoms with Crippen molar-refractivity contribution in [3.8, 4) is 0 Å². The summed E-state index contributed by atoms with van der Waals surface area (Å²) in [5.41, 5.74) is 11.0. The highest BCUT2D eigenvalue weighted by Crippen LogP contribution is 2.20. The lowest BCUT2D eigenvalue weighted by Gasteiger charge is -2.07. The number of anilines is 1. The number of primary amides is 1. The molecule has 0 bridgehead atoms. The maximum Gasteiger partial charge on any atom is 0.338 e. The van der Waals surface area contributed by atoms with Crippen LogP contribution in [-0.4, -0.2) is 17.0 Å². The fraction of sp³-hybridized carbons (Fsp3) is 0.111. The molecule has 0 heterocycles. The van der Waals surface area contributed by atoms with Crippen molar-refractivity contribution in [3.63, 3.8) is 0 Å². The maximum atomic E-state index is 10.9. The van der Waals surface area contributed by atoms with Crippen LogP contribution < -0.4 is 11.5 Å². The number of nitrogen functional groups attached to an aromatic ring is 1. The molecule has 0 aliphatic rings. The van der Waals surface area contributed by atoms with Gasteiger partial charge in [-0.2, -0.15) is 0 Å². The Bertz CT molecular complexity index is 413. The average Bonchev–Trinajstić information content (AvgIpc) is 2.02. The van der Waals surface area contributed by atoms with Gasteiger partial charge in [-0.05, 0) is 24.6 Å². The number of carboxylic acids is 1. The predicted octanol–water partition coefficient (Wildman–Crippen LogP) is 0.374. The van der Waals surface area contributed by atoms with Crippen LogP contribution in [0.1, 0.15) is 26.3 Å². The Morgan fingerprint density at radius 3 is 2.36 bits per heavy atom. The summed E-state index contributed by atoms with van der Waals surface area (Å²) < 4.78 is 0. The van der Waals surface area contributed by atoms with Crippen molar-refractivity contribution in [1.82, 2.24) is 0 Å². The van der Waals surface area contributed by atoms with Crippen LogP contribution in [0, 0.1) is 6.92 Å². The molecule has 1 amide bonds. The van der Waals surface area contributed by atoms with E-state index in [4.69, 9.17) is 16.6 Å². The molecule has 14 heavy (non-hydrogen) atoms. The van der Waals surface area contributed by atoms with E-state index in [2.05, 4.69) is 0 Å². The van der Waals surface area contributed by atoms with E-state index < -0.39 is 11.9 Å². The molecule has 1 rings (SSSR count). The molecule has 0 saturated carbocycles. The molecule has 1 aromatic carbocycles. The molecule has 0 radical (unpaired) electrons. The first-order chi connectivity index (χ1) is 6.45. The molecule has 0 aliphatic heterocycles. The molecule has 74 valence electrons. The van der Waals surface area contributed by atoms with Crippen LogP contribution >= 0.6 is 0 Å². The number of nitrogens with two attached hydrogens (primary N) is 2. The van der Waals surface area contributed by atoms with Gasteiger partial charge in [0.15, 0.2) is 0 Å². The lowest BCUT2D eigenvalue weighted by molar-refractivity contribution is 0.0697. The van der Waals surface area contributed by atoms with E-state index >= 15 is 0 Å². The Balaban J connectivity index is 3.49. The molecule has 0 atom stereocenters. The zero-order chi connectivity index (χ0) is 10.9. The Kier molecular flexibility index (Phi) is 2.42. The lowest BCUT2D eigenvalue weighted by Crippen LogP contribution is -2.16. The maximum absolute atomic E-state index is 10.9. The van der Waals surface area contributed by atoms with Crippen molar-refractivity contribution in [2.45, 2.75) is 6.92 Å². The van der Waals surface area contributed by atoms with Crippen LogP contribution in [-0.2, 0) is 0 Å². The normalized spacial score (nSPS) is 9.79. The molecular formula is C9H10N2O3. The Morgan fingerprint density at radius 1 is 1.36 bits per heavy atom. The third-order valence-corrected chi connectivity index (χ3v) is 1.98. The van der Waals surface area contributed by atoms with Gasteiger partial charge in [0, 0.05) is 11.3 Å². The van der Waals surface area contributed by atoms with E-state index in [0.717, 1.165) is 0 Å². The van der Waals surface area contributed by atoms with Crippen LogP contribution in [0.15, 0.2) is 12.1 Å². The zero-order valence-corrected chi connectivity index (χ0v) is 7.57. The van der Waals surface area contributed by atoms with Gasteiger partial charge >= 0.3 is 5.97 Å². The molecule has 0 aliphatic carbocycles. The summed E-state index contributed by atoms with van der Waals surface area (Å²) >= 11 is 0. The number of hydrogen-bond acceptors (Lipinski definition) is 3. The molecule has 0 spiro atoms. The zero-order valence-electron chi connectivity index (χ0n) is 7.57. The summed E-state index contributed by atoms with van der Waals surface area (Å²) in [6, 6.07) is 2.77. The van der Waals surface area contributed by atoms with E-state index in [1.54, 1.807) is 0 Å². The predicted molar refractivity (Wildman–Crippen MR) is 51.1 cm³/mol. The molecular weight excluding hydrogens is 184 g/mol. The molecule has 5 heteroatoms.